The van der Waals surface area contributed by atoms with Gasteiger partial charge in [0.15, 0.2) is 5.78 Å². The second-order valence-corrected chi connectivity index (χ2v) is 5.18. The smallest absolute Gasteiger partial charge is 0.182 e. The largest absolute Gasteiger partial charge is 0.510 e. The van der Waals surface area contributed by atoms with E-state index >= 15 is 0 Å². The molecule has 0 fully saturated rings. The summed E-state index contributed by atoms with van der Waals surface area (Å²) in [7, 11) is 0. The third kappa shape index (κ3) is 3.95. The third-order valence-corrected chi connectivity index (χ3v) is 3.48. The molecule has 22 heavy (non-hydrogen) atoms. The maximum Gasteiger partial charge on any atom is 0.182 e. The maximum atomic E-state index is 12.4. The average molecular weight is 302 g/mol. The minimum Gasteiger partial charge on any atom is -0.510 e. The van der Waals surface area contributed by atoms with Gasteiger partial charge in [0.1, 0.15) is 12.4 Å². The Kier molecular flexibility index (Phi) is 5.72. The van der Waals surface area contributed by atoms with Gasteiger partial charge >= 0.3 is 0 Å². The summed E-state index contributed by atoms with van der Waals surface area (Å²) in [5.74, 6) is -0.0348. The van der Waals surface area contributed by atoms with E-state index < -0.39 is 0 Å². The molecular formula is C17H22N2O3. The number of rotatable bonds is 6. The first-order valence-corrected chi connectivity index (χ1v) is 7.56. The fraction of sp³-hybridized carbons (Fsp3) is 0.412. The number of Topliss-reactive ketones (excluding diaryl/α,β-unsaturated/α-hetero) is 1. The van der Waals surface area contributed by atoms with Crippen LogP contribution < -0.4 is 0 Å². The molecular weight excluding hydrogens is 280 g/mol. The van der Waals surface area contributed by atoms with Gasteiger partial charge in [0.2, 0.25) is 0 Å². The number of aliphatic hydroxyl groups is 1. The van der Waals surface area contributed by atoms with Crippen molar-refractivity contribution in [3.05, 3.63) is 47.2 Å². The molecule has 1 aliphatic heterocycles. The van der Waals surface area contributed by atoms with Crippen LogP contribution in [-0.4, -0.2) is 41.2 Å². The van der Waals surface area contributed by atoms with Gasteiger partial charge in [-0.25, -0.2) is 0 Å². The van der Waals surface area contributed by atoms with Crippen LogP contribution in [0.3, 0.4) is 0 Å². The minimum absolute atomic E-state index is 0.0764. The van der Waals surface area contributed by atoms with Crippen molar-refractivity contribution < 1.29 is 14.7 Å². The topological polar surface area (TPSA) is 62.1 Å². The van der Waals surface area contributed by atoms with E-state index in [4.69, 9.17) is 4.84 Å². The number of oxime groups is 1. The molecule has 5 heteroatoms. The molecule has 0 bridgehead atoms. The molecule has 1 heterocycles. The summed E-state index contributed by atoms with van der Waals surface area (Å²) >= 11 is 0. The van der Waals surface area contributed by atoms with E-state index in [0.29, 0.717) is 37.4 Å². The van der Waals surface area contributed by atoms with Crippen LogP contribution in [0.15, 0.2) is 46.8 Å². The molecule has 0 unspecified atom stereocenters. The average Bonchev–Trinajstić information content (AvgIpc) is 2.51. The molecule has 0 aromatic heterocycles. The second-order valence-electron chi connectivity index (χ2n) is 5.18. The van der Waals surface area contributed by atoms with E-state index in [1.807, 2.05) is 49.1 Å². The zero-order valence-electron chi connectivity index (χ0n) is 13.1. The Balaban J connectivity index is 2.14. The van der Waals surface area contributed by atoms with Crippen LogP contribution in [0.25, 0.3) is 0 Å². The molecule has 0 spiro atoms. The lowest BCUT2D eigenvalue weighted by atomic mass is 9.98. The molecule has 1 N–H and O–H groups in total. The lowest BCUT2D eigenvalue weighted by Crippen LogP contribution is -2.39. The van der Waals surface area contributed by atoms with Crippen LogP contribution in [0.5, 0.6) is 0 Å². The summed E-state index contributed by atoms with van der Waals surface area (Å²) in [5.41, 5.74) is 1.95. The van der Waals surface area contributed by atoms with Crippen molar-refractivity contribution in [2.24, 2.45) is 5.16 Å². The quantitative estimate of drug-likeness (QED) is 0.648. The molecule has 0 amide bonds. The first-order chi connectivity index (χ1) is 10.7. The van der Waals surface area contributed by atoms with Gasteiger partial charge in [0.05, 0.1) is 24.4 Å². The summed E-state index contributed by atoms with van der Waals surface area (Å²) < 4.78 is 0. The molecule has 2 rings (SSSR count). The number of benzene rings is 1. The van der Waals surface area contributed by atoms with Crippen LogP contribution in [0.4, 0.5) is 0 Å². The first-order valence-electron chi connectivity index (χ1n) is 7.56. The number of aliphatic hydroxyl groups excluding tert-OH is 1. The summed E-state index contributed by atoms with van der Waals surface area (Å²) in [6, 6.07) is 9.90. The zero-order chi connectivity index (χ0) is 15.9. The normalized spacial score (nSPS) is 17.0. The molecule has 5 nitrogen and oxygen atoms in total. The standard InChI is InChI=1S/C17H22N2O3/c1-3-14(18-22-4-2)17-15(20)11-19(12-16(17)21)10-13-8-6-5-7-9-13/h5-9,20H,3-4,10-12H2,1-2H3/b18-14+. The van der Waals surface area contributed by atoms with Gasteiger partial charge in [0.25, 0.3) is 0 Å². The molecule has 1 aromatic rings. The lowest BCUT2D eigenvalue weighted by Gasteiger charge is -2.27. The van der Waals surface area contributed by atoms with Crippen molar-refractivity contribution in [2.45, 2.75) is 26.8 Å². The molecule has 0 saturated heterocycles. The predicted molar refractivity (Wildman–Crippen MR) is 85.7 cm³/mol. The van der Waals surface area contributed by atoms with Gasteiger partial charge in [-0.1, -0.05) is 42.4 Å². The maximum absolute atomic E-state index is 12.4. The van der Waals surface area contributed by atoms with Gasteiger partial charge in [-0.05, 0) is 18.9 Å². The van der Waals surface area contributed by atoms with E-state index in [1.54, 1.807) is 0 Å². The van der Waals surface area contributed by atoms with Gasteiger partial charge < -0.3 is 9.94 Å². The number of carbonyl (C=O) groups excluding carboxylic acids is 1. The number of nitrogens with zero attached hydrogens (tertiary/aromatic N) is 2. The summed E-state index contributed by atoms with van der Waals surface area (Å²) in [6.07, 6.45) is 0.545. The molecule has 0 atom stereocenters. The van der Waals surface area contributed by atoms with Crippen molar-refractivity contribution in [2.75, 3.05) is 19.7 Å². The van der Waals surface area contributed by atoms with Crippen molar-refractivity contribution in [3.63, 3.8) is 0 Å². The Morgan fingerprint density at radius 3 is 2.59 bits per heavy atom. The molecule has 0 aliphatic carbocycles. The molecule has 1 aliphatic rings. The monoisotopic (exact) mass is 302 g/mol. The van der Waals surface area contributed by atoms with E-state index in [2.05, 4.69) is 5.16 Å². The number of hydrogen-bond donors (Lipinski definition) is 1. The highest BCUT2D eigenvalue weighted by Gasteiger charge is 2.28. The summed E-state index contributed by atoms with van der Waals surface area (Å²) in [4.78, 5) is 19.3. The minimum atomic E-state index is -0.111. The van der Waals surface area contributed by atoms with Crippen molar-refractivity contribution in [1.29, 1.82) is 0 Å². The van der Waals surface area contributed by atoms with Crippen LogP contribution >= 0.6 is 0 Å². The molecule has 118 valence electrons. The molecule has 1 aromatic carbocycles. The first kappa shape index (κ1) is 16.2. The van der Waals surface area contributed by atoms with Gasteiger partial charge in [-0.3, -0.25) is 9.69 Å². The van der Waals surface area contributed by atoms with Crippen LogP contribution in [0.1, 0.15) is 25.8 Å². The zero-order valence-corrected chi connectivity index (χ0v) is 13.1. The number of ketones is 1. The predicted octanol–water partition coefficient (Wildman–Crippen LogP) is 2.69. The summed E-state index contributed by atoms with van der Waals surface area (Å²) in [6.45, 7) is 5.41. The summed E-state index contributed by atoms with van der Waals surface area (Å²) in [5, 5.41) is 14.2. The second kappa shape index (κ2) is 7.75. The number of carbonyl (C=O) groups is 1. The Morgan fingerprint density at radius 2 is 2.00 bits per heavy atom. The Labute approximate surface area is 130 Å². The SMILES string of the molecule is CCO/N=C(\CC)C1=C(O)CN(Cc2ccccc2)CC1=O. The van der Waals surface area contributed by atoms with Crippen molar-refractivity contribution >= 4 is 11.5 Å². The van der Waals surface area contributed by atoms with Gasteiger partial charge in [-0.2, -0.15) is 0 Å². The molecule has 0 radical (unpaired) electrons. The Morgan fingerprint density at radius 1 is 1.27 bits per heavy atom. The van der Waals surface area contributed by atoms with E-state index in [0.717, 1.165) is 5.56 Å². The van der Waals surface area contributed by atoms with E-state index in [1.165, 1.54) is 0 Å². The molecule has 0 saturated carbocycles. The van der Waals surface area contributed by atoms with Gasteiger partial charge in [-0.15, -0.1) is 0 Å². The Bertz CT molecular complexity index is 579. The van der Waals surface area contributed by atoms with Crippen molar-refractivity contribution in [3.8, 4) is 0 Å². The number of hydrogen-bond acceptors (Lipinski definition) is 5. The van der Waals surface area contributed by atoms with Gasteiger partial charge in [0, 0.05) is 6.54 Å². The van der Waals surface area contributed by atoms with Crippen LogP contribution in [-0.2, 0) is 16.2 Å². The van der Waals surface area contributed by atoms with Crippen LogP contribution in [0, 0.1) is 0 Å². The lowest BCUT2D eigenvalue weighted by molar-refractivity contribution is -0.117. The van der Waals surface area contributed by atoms with E-state index in [9.17, 15) is 9.90 Å². The fourth-order valence-corrected chi connectivity index (χ4v) is 2.50. The highest BCUT2D eigenvalue weighted by atomic mass is 16.6. The van der Waals surface area contributed by atoms with Crippen LogP contribution in [0.2, 0.25) is 0 Å². The highest BCUT2D eigenvalue weighted by Crippen LogP contribution is 2.18. The third-order valence-electron chi connectivity index (χ3n) is 3.48. The Hall–Kier alpha value is -2.14. The van der Waals surface area contributed by atoms with E-state index in [-0.39, 0.29) is 18.1 Å². The highest BCUT2D eigenvalue weighted by molar-refractivity contribution is 6.23. The fourth-order valence-electron chi connectivity index (χ4n) is 2.50. The van der Waals surface area contributed by atoms with Crippen molar-refractivity contribution in [1.82, 2.24) is 4.90 Å².